The minimum absolute atomic E-state index is 0. The Morgan fingerprint density at radius 2 is 1.07 bits per heavy atom. The summed E-state index contributed by atoms with van der Waals surface area (Å²) in [5.74, 6) is 4.08. The number of hydrogen-bond acceptors (Lipinski definition) is 14. The van der Waals surface area contributed by atoms with Crippen molar-refractivity contribution in [2.45, 2.75) is 40.2 Å². The van der Waals surface area contributed by atoms with Crippen LogP contribution in [0.15, 0.2) is 78.4 Å². The van der Waals surface area contributed by atoms with E-state index in [-0.39, 0.29) is 24.4 Å². The molecule has 0 unspecified atom stereocenters. The first-order valence-electron chi connectivity index (χ1n) is 19.3. The number of aromatic nitrogens is 6. The molecule has 6 aromatic heterocycles. The van der Waals surface area contributed by atoms with Crippen molar-refractivity contribution in [2.75, 3.05) is 49.8 Å². The Kier molecular flexibility index (Phi) is 35.4. The number of methoxy groups -OCH3 is 7. The van der Waals surface area contributed by atoms with E-state index in [1.54, 1.807) is 78.9 Å². The highest BCUT2D eigenvalue weighted by Crippen LogP contribution is 2.61. The Bertz CT molecular complexity index is 2530. The minimum atomic E-state index is -3.22. The van der Waals surface area contributed by atoms with E-state index in [2.05, 4.69) is 53.7 Å². The van der Waals surface area contributed by atoms with Crippen LogP contribution in [0.4, 0.5) is 0 Å². The number of ether oxygens (including phenoxy) is 7. The van der Waals surface area contributed by atoms with Gasteiger partial charge >= 0.3 is 5.20 Å². The van der Waals surface area contributed by atoms with Crippen LogP contribution in [0, 0.1) is 38.1 Å². The Labute approximate surface area is 457 Å². The van der Waals surface area contributed by atoms with Crippen LogP contribution in [-0.2, 0) is 17.1 Å². The highest BCUT2D eigenvalue weighted by molar-refractivity contribution is 8.24. The fourth-order valence-electron chi connectivity index (χ4n) is 5.05. The van der Waals surface area contributed by atoms with Gasteiger partial charge in [-0.05, 0) is 59.7 Å². The van der Waals surface area contributed by atoms with Crippen LogP contribution in [0.25, 0.3) is 0 Å². The molecule has 6 aromatic rings. The molecule has 0 aliphatic rings. The lowest BCUT2D eigenvalue weighted by molar-refractivity contribution is -0.612. The maximum Gasteiger partial charge on any atom is 0.339 e. The molecule has 0 aliphatic heterocycles. The molecule has 18 nitrogen and oxygen atoms in total. The van der Waals surface area contributed by atoms with Gasteiger partial charge < -0.3 is 66.1 Å². The van der Waals surface area contributed by atoms with Gasteiger partial charge in [-0.25, -0.2) is 4.98 Å². The van der Waals surface area contributed by atoms with Crippen molar-refractivity contribution in [3.63, 3.8) is 0 Å². The number of hydrogen-bond donors (Lipinski definition) is 2. The average molecular weight is 1190 g/mol. The molecule has 0 amide bonds. The monoisotopic (exact) mass is 1190 g/mol. The summed E-state index contributed by atoms with van der Waals surface area (Å²) in [6.45, 7) is 6.78. The minimum Gasteiger partial charge on any atom is -1.00 e. The van der Waals surface area contributed by atoms with Gasteiger partial charge in [-0.2, -0.15) is 9.46 Å². The SMILES string of the molecule is COc1c(C)[nH]ccc1=O.COc1c(Cl)cc[n+]([O-])c1C.COc1c(Cl)cc[n+]([O-])c1C.COc1c(Cl)ccnc1C.COc1c(Cl)ccnc1CO.COc1cc[nH+]c(CCl)c1OC.O=P(Cl)(Cl)Cl.[Cl-]. The number of H-pyrrole nitrogens is 2. The van der Waals surface area contributed by atoms with E-state index < -0.39 is 5.20 Å². The molecule has 3 N–H and O–H groups in total. The Balaban J connectivity index is 0. The van der Waals surface area contributed by atoms with Crippen LogP contribution < -0.4 is 65.4 Å². The number of pyridine rings is 6. The zero-order valence-corrected chi connectivity index (χ0v) is 47.6. The third-order valence-corrected chi connectivity index (χ3v) is 9.70. The third-order valence-electron chi connectivity index (χ3n) is 8.25. The fraction of sp³-hybridized carbons (Fsp3) is 0.302. The summed E-state index contributed by atoms with van der Waals surface area (Å²) in [5, 5.41) is 29.4. The summed E-state index contributed by atoms with van der Waals surface area (Å²) < 4.78 is 45.7. The van der Waals surface area contributed by atoms with E-state index in [1.165, 1.54) is 65.2 Å². The van der Waals surface area contributed by atoms with Crippen molar-refractivity contribution in [1.82, 2.24) is 15.0 Å². The molecule has 6 heterocycles. The largest absolute Gasteiger partial charge is 1.00 e. The van der Waals surface area contributed by atoms with Gasteiger partial charge in [-0.15, -0.1) is 11.6 Å². The molecular weight excluding hydrogens is 1140 g/mol. The maximum atomic E-state index is 10.9. The number of aromatic amines is 2. The van der Waals surface area contributed by atoms with Gasteiger partial charge in [-0.1, -0.05) is 46.4 Å². The number of aryl methyl sites for hydroxylation is 2. The van der Waals surface area contributed by atoms with Crippen LogP contribution in [0.1, 0.15) is 34.2 Å². The normalized spacial score (nSPS) is 9.63. The van der Waals surface area contributed by atoms with Crippen molar-refractivity contribution in [1.29, 1.82) is 0 Å². The first-order valence-corrected chi connectivity index (χ1v) is 25.8. The predicted octanol–water partition coefficient (Wildman–Crippen LogP) is 7.63. The summed E-state index contributed by atoms with van der Waals surface area (Å²) in [6.07, 6.45) is 9.23. The van der Waals surface area contributed by atoms with Crippen molar-refractivity contribution in [3.05, 3.63) is 148 Å². The van der Waals surface area contributed by atoms with Crippen LogP contribution in [0.5, 0.6) is 40.2 Å². The molecule has 6 rings (SSSR count). The Hall–Kier alpha value is -4.30. The number of nitrogens with one attached hydrogen (secondary N) is 2. The number of alkyl halides is 1. The number of rotatable bonds is 9. The predicted molar refractivity (Wildman–Crippen MR) is 275 cm³/mol. The summed E-state index contributed by atoms with van der Waals surface area (Å²) in [6, 6.07) is 9.54. The highest BCUT2D eigenvalue weighted by Gasteiger charge is 2.15. The van der Waals surface area contributed by atoms with E-state index in [1.807, 2.05) is 6.92 Å². The second kappa shape index (κ2) is 36.6. The van der Waals surface area contributed by atoms with Crippen molar-refractivity contribution in [3.8, 4) is 40.2 Å². The molecule has 71 heavy (non-hydrogen) atoms. The lowest BCUT2D eigenvalue weighted by Crippen LogP contribution is -3.00. The standard InChI is InChI=1S/C8H10ClNO2.3C7H8ClNO2.C7H8ClNO.C7H9NO2.Cl3OP.ClH/c1-11-7-3-4-10-6(5-9)8(7)12-2;2*1-5-7(11-2)6(8)3-4-9(5)10;1-11-7-5(8)2-3-9-6(7)4-10;1-5-7(10-2)6(8)3-4-9-5;1-5-7(10-2)6(9)3-4-8-5;1-5(2,3)4;/h3-4H,5H2,1-2H3;2*3-4H,1-2H3;2-3,10H,4H2,1H3;3-4H,1-2H3;3-4H,1-2H3,(H,8,9);;1H. The van der Waals surface area contributed by atoms with E-state index >= 15 is 0 Å². The quantitative estimate of drug-likeness (QED) is 0.0614. The number of aliphatic hydroxyl groups excluding tert-OH is 1. The van der Waals surface area contributed by atoms with Crippen molar-refractivity contribution < 1.29 is 69.7 Å². The molecule has 0 saturated carbocycles. The summed E-state index contributed by atoms with van der Waals surface area (Å²) in [7, 11) is 10.7. The number of nitrogens with zero attached hydrogens (tertiary/aromatic N) is 4. The van der Waals surface area contributed by atoms with Gasteiger partial charge in [-0.3, -0.25) is 19.3 Å². The van der Waals surface area contributed by atoms with Crippen LogP contribution in [-0.4, -0.2) is 69.8 Å². The molecule has 0 bridgehead atoms. The van der Waals surface area contributed by atoms with Gasteiger partial charge in [0.05, 0.1) is 87.9 Å². The molecule has 394 valence electrons. The fourth-order valence-corrected chi connectivity index (χ4v) is 6.30. The van der Waals surface area contributed by atoms with Gasteiger partial charge in [0.1, 0.15) is 11.6 Å². The summed E-state index contributed by atoms with van der Waals surface area (Å²) in [4.78, 5) is 24.6. The highest BCUT2D eigenvalue weighted by atomic mass is 36.0. The molecule has 0 spiro atoms. The average Bonchev–Trinajstić information content (AvgIpc) is 3.32. The smallest absolute Gasteiger partial charge is 0.339 e. The molecule has 0 aromatic carbocycles. The van der Waals surface area contributed by atoms with Crippen LogP contribution in [0.2, 0.25) is 20.1 Å². The Morgan fingerprint density at radius 1 is 0.648 bits per heavy atom. The first kappa shape index (κ1) is 68.8. The second-order valence-corrected chi connectivity index (χ2v) is 21.2. The van der Waals surface area contributed by atoms with Gasteiger partial charge in [0.25, 0.3) is 0 Å². The van der Waals surface area contributed by atoms with E-state index in [0.717, 1.165) is 17.1 Å². The number of halogens is 9. The van der Waals surface area contributed by atoms with Crippen LogP contribution in [0.3, 0.4) is 0 Å². The third kappa shape index (κ3) is 24.8. The molecule has 0 aliphatic carbocycles. The molecule has 0 radical (unpaired) electrons. The van der Waals surface area contributed by atoms with E-state index in [9.17, 15) is 19.8 Å². The molecule has 0 atom stereocenters. The maximum absolute atomic E-state index is 10.9. The van der Waals surface area contributed by atoms with E-state index in [4.69, 9.17) is 96.3 Å². The molecule has 0 fully saturated rings. The van der Waals surface area contributed by atoms with Gasteiger partial charge in [0.2, 0.25) is 39.8 Å². The lowest BCUT2D eigenvalue weighted by atomic mass is 10.3. The van der Waals surface area contributed by atoms with Gasteiger partial charge in [0.15, 0.2) is 41.6 Å². The summed E-state index contributed by atoms with van der Waals surface area (Å²) in [5.41, 5.74) is 3.71. The zero-order valence-electron chi connectivity index (χ0n) is 39.9. The molecule has 0 saturated heterocycles. The van der Waals surface area contributed by atoms with Crippen molar-refractivity contribution in [2.24, 2.45) is 0 Å². The van der Waals surface area contributed by atoms with E-state index in [0.29, 0.717) is 92.8 Å². The Morgan fingerprint density at radius 3 is 1.39 bits per heavy atom. The number of aliphatic hydroxyl groups is 1. The zero-order chi connectivity index (χ0) is 53.7. The lowest BCUT2D eigenvalue weighted by Gasteiger charge is -2.05. The first-order chi connectivity index (χ1) is 33.0. The topological polar surface area (TPSA) is 229 Å². The molecular formula is C43H52Cl9N6O12P. The van der Waals surface area contributed by atoms with Crippen molar-refractivity contribution >= 4 is 96.9 Å². The second-order valence-electron chi connectivity index (χ2n) is 12.6. The van der Waals surface area contributed by atoms with Crippen LogP contribution >= 0.6 is 96.9 Å². The molecule has 28 heteroatoms. The summed E-state index contributed by atoms with van der Waals surface area (Å²) >= 11 is 42.5. The van der Waals surface area contributed by atoms with Gasteiger partial charge in [0, 0.05) is 56.7 Å².